The number of ether oxygens (including phenoxy) is 1. The Morgan fingerprint density at radius 3 is 2.79 bits per heavy atom. The number of carbonyl (C=O) groups is 1. The Bertz CT molecular complexity index is 1710. The first-order valence-electron chi connectivity index (χ1n) is 14.7. The molecule has 1 amide bonds. The molecule has 2 aromatic carbocycles. The molecule has 2 aromatic heterocycles. The van der Waals surface area contributed by atoms with Crippen LogP contribution in [0.15, 0.2) is 36.4 Å². The number of fused-ring (bicyclic) bond motifs is 1. The third-order valence-corrected chi connectivity index (χ3v) is 10.7. The number of nitrogens with zero attached hydrogens (tertiary/aromatic N) is 4. The van der Waals surface area contributed by atoms with E-state index in [1.807, 2.05) is 25.1 Å². The first-order valence-corrected chi connectivity index (χ1v) is 14.7. The van der Waals surface area contributed by atoms with Crippen LogP contribution in [0.2, 0.25) is 0 Å². The van der Waals surface area contributed by atoms with E-state index in [-0.39, 0.29) is 5.91 Å². The normalized spacial score (nSPS) is 30.4. The molecule has 4 fully saturated rings. The van der Waals surface area contributed by atoms with Crippen molar-refractivity contribution in [2.45, 2.75) is 63.8 Å². The lowest BCUT2D eigenvalue weighted by atomic mass is 9.53. The molecule has 0 spiro atoms. The Labute approximate surface area is 227 Å². The Hall–Kier alpha value is -3.32. The van der Waals surface area contributed by atoms with E-state index in [0.717, 1.165) is 70.7 Å². The molecule has 1 saturated heterocycles. The van der Waals surface area contributed by atoms with E-state index in [2.05, 4.69) is 32.2 Å². The molecule has 7 heteroatoms. The first-order chi connectivity index (χ1) is 18.9. The maximum absolute atomic E-state index is 13.9. The van der Waals surface area contributed by atoms with Crippen LogP contribution in [0.1, 0.15) is 54.9 Å². The standard InChI is InChI=1S/C32H34N4O3/c1-32(38)7-8-34-29-23(32)10-20(31(37)36-16-21-9-19-13-26(36)28(19)21)11-24(29)33-30(34)27-12-18-5-6-22(39-2)14-25(18)35(27)15-17-3-4-17/h5-6,10-12,14,17,19,21,26,28,38H,3-4,7-9,13,15-16H2,1-2H3/t19?,21?,26?,28-,32?/m1/s1. The highest BCUT2D eigenvalue weighted by molar-refractivity contribution is 6.00. The van der Waals surface area contributed by atoms with Crippen LogP contribution < -0.4 is 4.74 Å². The van der Waals surface area contributed by atoms with Gasteiger partial charge in [0.2, 0.25) is 0 Å². The Balaban J connectivity index is 1.21. The minimum absolute atomic E-state index is 0.110. The molecule has 3 aliphatic carbocycles. The average molecular weight is 523 g/mol. The molecule has 200 valence electrons. The number of hydrogen-bond acceptors (Lipinski definition) is 4. The highest BCUT2D eigenvalue weighted by atomic mass is 16.5. The van der Waals surface area contributed by atoms with Crippen molar-refractivity contribution >= 4 is 27.8 Å². The molecule has 3 saturated carbocycles. The molecule has 5 atom stereocenters. The predicted molar refractivity (Wildman–Crippen MR) is 149 cm³/mol. The van der Waals surface area contributed by atoms with Crippen molar-refractivity contribution in [2.75, 3.05) is 13.7 Å². The number of rotatable bonds is 5. The van der Waals surface area contributed by atoms with Gasteiger partial charge in [0.1, 0.15) is 5.75 Å². The molecular weight excluding hydrogens is 488 g/mol. The third kappa shape index (κ3) is 3.02. The van der Waals surface area contributed by atoms with Crippen molar-refractivity contribution in [3.8, 4) is 17.3 Å². The SMILES string of the molecule is COc1ccc2cc(-c3nc4cc(C(=O)N5CC6CC7CC5[C@H]76)cc5c4n3CCC5(C)O)n(CC3CC3)c2c1. The second-order valence-corrected chi connectivity index (χ2v) is 13.1. The summed E-state index contributed by atoms with van der Waals surface area (Å²) in [7, 11) is 1.71. The van der Waals surface area contributed by atoms with Crippen LogP contribution in [-0.2, 0) is 18.7 Å². The van der Waals surface area contributed by atoms with E-state index < -0.39 is 5.60 Å². The minimum Gasteiger partial charge on any atom is -0.497 e. The van der Waals surface area contributed by atoms with Crippen LogP contribution in [0, 0.1) is 23.7 Å². The smallest absolute Gasteiger partial charge is 0.254 e. The number of hydrogen-bond donors (Lipinski definition) is 1. The summed E-state index contributed by atoms with van der Waals surface area (Å²) in [5.74, 6) is 4.86. The van der Waals surface area contributed by atoms with Crippen molar-refractivity contribution in [2.24, 2.45) is 23.7 Å². The summed E-state index contributed by atoms with van der Waals surface area (Å²) in [6.45, 7) is 4.42. The second kappa shape index (κ2) is 7.45. The van der Waals surface area contributed by atoms with E-state index in [9.17, 15) is 9.90 Å². The lowest BCUT2D eigenvalue weighted by Crippen LogP contribution is -2.53. The van der Waals surface area contributed by atoms with Gasteiger partial charge in [-0.25, -0.2) is 4.98 Å². The predicted octanol–water partition coefficient (Wildman–Crippen LogP) is 5.17. The second-order valence-electron chi connectivity index (χ2n) is 13.1. The summed E-state index contributed by atoms with van der Waals surface area (Å²) in [5, 5.41) is 12.7. The number of aryl methyl sites for hydroxylation is 1. The topological polar surface area (TPSA) is 72.5 Å². The molecule has 9 rings (SSSR count). The van der Waals surface area contributed by atoms with Gasteiger partial charge in [0.25, 0.3) is 5.91 Å². The summed E-state index contributed by atoms with van der Waals surface area (Å²) in [5.41, 5.74) is 4.53. The summed E-state index contributed by atoms with van der Waals surface area (Å²) in [4.78, 5) is 21.2. The zero-order chi connectivity index (χ0) is 26.2. The van der Waals surface area contributed by atoms with Crippen LogP contribution in [0.5, 0.6) is 5.75 Å². The van der Waals surface area contributed by atoms with Crippen LogP contribution in [-0.4, -0.2) is 49.7 Å². The number of aromatic nitrogens is 3. The number of methoxy groups -OCH3 is 1. The highest BCUT2D eigenvalue weighted by Gasteiger charge is 2.61. The first kappa shape index (κ1) is 22.5. The number of carbonyl (C=O) groups excluding carboxylic acids is 1. The van der Waals surface area contributed by atoms with Gasteiger partial charge in [-0.3, -0.25) is 4.79 Å². The Morgan fingerprint density at radius 1 is 1.15 bits per heavy atom. The van der Waals surface area contributed by atoms with E-state index in [4.69, 9.17) is 9.72 Å². The van der Waals surface area contributed by atoms with E-state index in [1.165, 1.54) is 24.6 Å². The summed E-state index contributed by atoms with van der Waals surface area (Å²) in [6.07, 6.45) is 5.56. The van der Waals surface area contributed by atoms with Crippen molar-refractivity contribution in [3.63, 3.8) is 0 Å². The Morgan fingerprint density at radius 2 is 2.03 bits per heavy atom. The van der Waals surface area contributed by atoms with Crippen molar-refractivity contribution in [1.29, 1.82) is 0 Å². The largest absolute Gasteiger partial charge is 0.497 e. The van der Waals surface area contributed by atoms with Crippen LogP contribution in [0.4, 0.5) is 0 Å². The van der Waals surface area contributed by atoms with Gasteiger partial charge in [-0.2, -0.15) is 0 Å². The number of likely N-dealkylation sites (tertiary alicyclic amines) is 1. The zero-order valence-corrected chi connectivity index (χ0v) is 22.6. The van der Waals surface area contributed by atoms with Crippen LogP contribution in [0.3, 0.4) is 0 Å². The van der Waals surface area contributed by atoms with Gasteiger partial charge >= 0.3 is 0 Å². The van der Waals surface area contributed by atoms with Gasteiger partial charge in [-0.15, -0.1) is 0 Å². The van der Waals surface area contributed by atoms with Gasteiger partial charge in [-0.1, -0.05) is 0 Å². The maximum atomic E-state index is 13.9. The highest BCUT2D eigenvalue weighted by Crippen LogP contribution is 2.61. The fraction of sp³-hybridized carbons (Fsp3) is 0.500. The van der Waals surface area contributed by atoms with Gasteiger partial charge in [0.05, 0.1) is 35.0 Å². The van der Waals surface area contributed by atoms with Gasteiger partial charge in [0, 0.05) is 48.3 Å². The lowest BCUT2D eigenvalue weighted by molar-refractivity contribution is -0.0204. The van der Waals surface area contributed by atoms with Gasteiger partial charge in [0.15, 0.2) is 5.82 Å². The van der Waals surface area contributed by atoms with Crippen LogP contribution >= 0.6 is 0 Å². The minimum atomic E-state index is -0.998. The van der Waals surface area contributed by atoms with Gasteiger partial charge in [-0.05, 0) is 93.0 Å². The monoisotopic (exact) mass is 522 g/mol. The molecule has 0 bridgehead atoms. The molecule has 1 N–H and O–H groups in total. The number of amides is 1. The van der Waals surface area contributed by atoms with Crippen molar-refractivity contribution in [1.82, 2.24) is 19.0 Å². The molecule has 39 heavy (non-hydrogen) atoms. The maximum Gasteiger partial charge on any atom is 0.254 e. The Kier molecular flexibility index (Phi) is 4.29. The number of benzene rings is 2. The van der Waals surface area contributed by atoms with Crippen LogP contribution in [0.25, 0.3) is 33.5 Å². The molecule has 5 aliphatic rings. The molecule has 4 unspecified atom stereocenters. The molecular formula is C32H34N4O3. The average Bonchev–Trinajstić information content (AvgIpc) is 3.56. The van der Waals surface area contributed by atoms with Gasteiger partial charge < -0.3 is 23.9 Å². The van der Waals surface area contributed by atoms with E-state index in [0.29, 0.717) is 36.4 Å². The van der Waals surface area contributed by atoms with Crippen molar-refractivity contribution < 1.29 is 14.6 Å². The molecule has 0 radical (unpaired) electrons. The zero-order valence-electron chi connectivity index (χ0n) is 22.6. The lowest BCUT2D eigenvalue weighted by Gasteiger charge is -2.52. The summed E-state index contributed by atoms with van der Waals surface area (Å²) in [6, 6.07) is 12.9. The van der Waals surface area contributed by atoms with E-state index >= 15 is 0 Å². The quantitative estimate of drug-likeness (QED) is 0.393. The number of aliphatic hydroxyl groups is 1. The number of imidazole rings is 1. The molecule has 7 nitrogen and oxygen atoms in total. The summed E-state index contributed by atoms with van der Waals surface area (Å²) >= 11 is 0. The molecule has 2 aliphatic heterocycles. The third-order valence-electron chi connectivity index (χ3n) is 10.7. The fourth-order valence-corrected chi connectivity index (χ4v) is 8.35. The molecule has 4 aromatic rings. The van der Waals surface area contributed by atoms with E-state index in [1.54, 1.807) is 7.11 Å². The molecule has 4 heterocycles. The van der Waals surface area contributed by atoms with Crippen molar-refractivity contribution in [3.05, 3.63) is 47.5 Å². The summed E-state index contributed by atoms with van der Waals surface area (Å²) < 4.78 is 10.2. The fourth-order valence-electron chi connectivity index (χ4n) is 8.35.